The zero-order valence-electron chi connectivity index (χ0n) is 16.7. The summed E-state index contributed by atoms with van der Waals surface area (Å²) in [5.41, 5.74) is 0.550. The standard InChI is InChI=1S/C22H22BrNO7/c1-30-18(9-5-6-10-19(26)27)20(16-13-15(23)11-12-17(16)25)31-22(29)24-21(28)14-7-3-2-4-8-14/h2-4,6-8,10-13,18,20,25H,5,9H2,1H3,(H,26,27)(H,24,28,29)/b10-6+/t18-,20-/m0/s1. The van der Waals surface area contributed by atoms with E-state index in [-0.39, 0.29) is 23.3 Å². The van der Waals surface area contributed by atoms with Crippen LogP contribution < -0.4 is 5.32 Å². The minimum Gasteiger partial charge on any atom is -0.508 e. The normalized spacial score (nSPS) is 12.8. The van der Waals surface area contributed by atoms with Gasteiger partial charge in [-0.15, -0.1) is 0 Å². The third kappa shape index (κ3) is 7.54. The first-order valence-corrected chi connectivity index (χ1v) is 10.1. The number of imide groups is 1. The SMILES string of the molecule is CO[C@@H](CC/C=C/C(=O)O)[C@@H](OC(=O)NC(=O)c1ccccc1)c1cc(Br)ccc1O. The van der Waals surface area contributed by atoms with Crippen LogP contribution in [0.4, 0.5) is 4.79 Å². The lowest BCUT2D eigenvalue weighted by Crippen LogP contribution is -2.35. The van der Waals surface area contributed by atoms with Gasteiger partial charge in [0.25, 0.3) is 5.91 Å². The van der Waals surface area contributed by atoms with Gasteiger partial charge in [0.05, 0.1) is 6.10 Å². The van der Waals surface area contributed by atoms with Crippen molar-refractivity contribution in [3.05, 3.63) is 76.3 Å². The van der Waals surface area contributed by atoms with Gasteiger partial charge in [0, 0.05) is 28.8 Å². The Morgan fingerprint density at radius 2 is 1.87 bits per heavy atom. The number of allylic oxidation sites excluding steroid dienone is 1. The number of benzene rings is 2. The minimum atomic E-state index is -1.08. The molecule has 8 nitrogen and oxygen atoms in total. The summed E-state index contributed by atoms with van der Waals surface area (Å²) in [6.07, 6.45) is 0.262. The summed E-state index contributed by atoms with van der Waals surface area (Å²) in [5, 5.41) is 21.2. The van der Waals surface area contributed by atoms with Crippen LogP contribution in [0.2, 0.25) is 0 Å². The molecule has 2 amide bonds. The van der Waals surface area contributed by atoms with Gasteiger partial charge in [0.15, 0.2) is 6.10 Å². The van der Waals surface area contributed by atoms with E-state index in [1.165, 1.54) is 19.3 Å². The number of phenols is 1. The minimum absolute atomic E-state index is 0.126. The lowest BCUT2D eigenvalue weighted by Gasteiger charge is -2.27. The molecule has 164 valence electrons. The van der Waals surface area contributed by atoms with Crippen molar-refractivity contribution in [1.29, 1.82) is 0 Å². The predicted molar refractivity (Wildman–Crippen MR) is 116 cm³/mol. The van der Waals surface area contributed by atoms with Gasteiger partial charge in [-0.2, -0.15) is 0 Å². The van der Waals surface area contributed by atoms with Gasteiger partial charge in [-0.25, -0.2) is 9.59 Å². The molecule has 0 aliphatic carbocycles. The number of halogens is 1. The van der Waals surface area contributed by atoms with Crippen LogP contribution in [0.1, 0.15) is 34.9 Å². The highest BCUT2D eigenvalue weighted by Gasteiger charge is 2.30. The Balaban J connectivity index is 2.22. The number of methoxy groups -OCH3 is 1. The first-order valence-electron chi connectivity index (χ1n) is 9.29. The molecule has 3 N–H and O–H groups in total. The number of rotatable bonds is 9. The number of carbonyl (C=O) groups is 3. The number of carboxylic acid groups (broad SMARTS) is 1. The number of hydrogen-bond acceptors (Lipinski definition) is 6. The van der Waals surface area contributed by atoms with Crippen LogP contribution in [-0.4, -0.2) is 41.4 Å². The van der Waals surface area contributed by atoms with Gasteiger partial charge in [-0.3, -0.25) is 10.1 Å². The van der Waals surface area contributed by atoms with E-state index in [9.17, 15) is 19.5 Å². The van der Waals surface area contributed by atoms with Crippen molar-refractivity contribution < 1.29 is 34.1 Å². The number of nitrogens with one attached hydrogen (secondary N) is 1. The molecular formula is C22H22BrNO7. The molecule has 0 bridgehead atoms. The molecule has 2 rings (SSSR count). The van der Waals surface area contributed by atoms with E-state index >= 15 is 0 Å². The van der Waals surface area contributed by atoms with Crippen molar-refractivity contribution >= 4 is 33.9 Å². The fraction of sp³-hybridized carbons (Fsp3) is 0.227. The van der Waals surface area contributed by atoms with E-state index in [2.05, 4.69) is 21.2 Å². The number of carboxylic acids is 1. The number of phenolic OH excluding ortho intramolecular Hbond substituents is 1. The van der Waals surface area contributed by atoms with Gasteiger partial charge in [-0.1, -0.05) is 40.2 Å². The van der Waals surface area contributed by atoms with Crippen LogP contribution in [-0.2, 0) is 14.3 Å². The summed E-state index contributed by atoms with van der Waals surface area (Å²) in [7, 11) is 1.41. The second-order valence-corrected chi connectivity index (χ2v) is 7.36. The number of aromatic hydroxyl groups is 1. The Bertz CT molecular complexity index is 946. The lowest BCUT2D eigenvalue weighted by molar-refractivity contribution is -0.131. The van der Waals surface area contributed by atoms with Crippen LogP contribution in [0.5, 0.6) is 5.75 Å². The number of amides is 2. The molecule has 9 heteroatoms. The summed E-state index contributed by atoms with van der Waals surface area (Å²) in [4.78, 5) is 35.3. The number of aliphatic carboxylic acids is 1. The second-order valence-electron chi connectivity index (χ2n) is 6.44. The number of carbonyl (C=O) groups excluding carboxylic acids is 2. The molecule has 0 aliphatic rings. The van der Waals surface area contributed by atoms with E-state index in [0.717, 1.165) is 6.08 Å². The molecule has 2 aromatic carbocycles. The highest BCUT2D eigenvalue weighted by molar-refractivity contribution is 9.10. The molecule has 0 heterocycles. The van der Waals surface area contributed by atoms with Crippen LogP contribution in [0.3, 0.4) is 0 Å². The summed E-state index contributed by atoms with van der Waals surface area (Å²) in [5.74, 6) is -1.84. The Kier molecular flexibility index (Phi) is 9.23. The maximum atomic E-state index is 12.5. The van der Waals surface area contributed by atoms with Crippen molar-refractivity contribution in [2.24, 2.45) is 0 Å². The molecule has 0 unspecified atom stereocenters. The molecule has 2 atom stereocenters. The monoisotopic (exact) mass is 491 g/mol. The summed E-state index contributed by atoms with van der Waals surface area (Å²) >= 11 is 3.31. The van der Waals surface area contributed by atoms with E-state index in [1.54, 1.807) is 42.5 Å². The van der Waals surface area contributed by atoms with Crippen molar-refractivity contribution in [3.63, 3.8) is 0 Å². The Hall–Kier alpha value is -3.17. The molecule has 0 saturated heterocycles. The maximum Gasteiger partial charge on any atom is 0.414 e. The predicted octanol–water partition coefficient (Wildman–Crippen LogP) is 4.20. The fourth-order valence-electron chi connectivity index (χ4n) is 2.83. The largest absolute Gasteiger partial charge is 0.508 e. The topological polar surface area (TPSA) is 122 Å². The summed E-state index contributed by atoms with van der Waals surface area (Å²) in [6, 6.07) is 12.8. The lowest BCUT2D eigenvalue weighted by atomic mass is 9.99. The van der Waals surface area contributed by atoms with Crippen LogP contribution in [0.25, 0.3) is 0 Å². The quantitative estimate of drug-likeness (QED) is 0.449. The Labute approximate surface area is 187 Å². The third-order valence-corrected chi connectivity index (χ3v) is 4.79. The molecular weight excluding hydrogens is 470 g/mol. The summed E-state index contributed by atoms with van der Waals surface area (Å²) < 4.78 is 11.6. The highest BCUT2D eigenvalue weighted by atomic mass is 79.9. The van der Waals surface area contributed by atoms with E-state index in [0.29, 0.717) is 10.9 Å². The molecule has 31 heavy (non-hydrogen) atoms. The zero-order chi connectivity index (χ0) is 22.8. The average Bonchev–Trinajstić information content (AvgIpc) is 2.74. The first-order chi connectivity index (χ1) is 14.8. The molecule has 2 aromatic rings. The van der Waals surface area contributed by atoms with Crippen molar-refractivity contribution in [1.82, 2.24) is 5.32 Å². The van der Waals surface area contributed by atoms with Crippen molar-refractivity contribution in [2.45, 2.75) is 25.0 Å². The van der Waals surface area contributed by atoms with Gasteiger partial charge >= 0.3 is 12.1 Å². The molecule has 0 aromatic heterocycles. The van der Waals surface area contributed by atoms with E-state index < -0.39 is 30.2 Å². The molecule has 0 saturated carbocycles. The number of ether oxygens (including phenoxy) is 2. The van der Waals surface area contributed by atoms with Gasteiger partial charge in [-0.05, 0) is 43.2 Å². The molecule has 0 radical (unpaired) electrons. The molecule has 0 aliphatic heterocycles. The number of alkyl carbamates (subject to hydrolysis) is 1. The van der Waals surface area contributed by atoms with Crippen molar-refractivity contribution in [2.75, 3.05) is 7.11 Å². The van der Waals surface area contributed by atoms with Crippen LogP contribution in [0, 0.1) is 0 Å². The average molecular weight is 492 g/mol. The van der Waals surface area contributed by atoms with E-state index in [1.807, 2.05) is 0 Å². The van der Waals surface area contributed by atoms with Crippen LogP contribution in [0.15, 0.2) is 65.2 Å². The number of hydrogen-bond donors (Lipinski definition) is 3. The van der Waals surface area contributed by atoms with Crippen molar-refractivity contribution in [3.8, 4) is 5.75 Å². The summed E-state index contributed by atoms with van der Waals surface area (Å²) in [6.45, 7) is 0. The highest BCUT2D eigenvalue weighted by Crippen LogP contribution is 2.34. The maximum absolute atomic E-state index is 12.5. The third-order valence-electron chi connectivity index (χ3n) is 4.30. The zero-order valence-corrected chi connectivity index (χ0v) is 18.2. The smallest absolute Gasteiger partial charge is 0.414 e. The molecule has 0 spiro atoms. The van der Waals surface area contributed by atoms with Gasteiger partial charge in [0.1, 0.15) is 5.75 Å². The Morgan fingerprint density at radius 3 is 2.52 bits per heavy atom. The Morgan fingerprint density at radius 1 is 1.16 bits per heavy atom. The first kappa shape index (κ1) is 24.1. The fourth-order valence-corrected chi connectivity index (χ4v) is 3.21. The van der Waals surface area contributed by atoms with E-state index in [4.69, 9.17) is 14.6 Å². The van der Waals surface area contributed by atoms with Gasteiger partial charge < -0.3 is 19.7 Å². The van der Waals surface area contributed by atoms with Gasteiger partial charge in [0.2, 0.25) is 0 Å². The van der Waals surface area contributed by atoms with Crippen LogP contribution >= 0.6 is 15.9 Å². The molecule has 0 fully saturated rings. The second kappa shape index (κ2) is 11.9.